The Kier molecular flexibility index (Phi) is 8.67. The zero-order chi connectivity index (χ0) is 14.6. The summed E-state index contributed by atoms with van der Waals surface area (Å²) < 4.78 is 5.50. The Morgan fingerprint density at radius 1 is 1.10 bits per heavy atom. The van der Waals surface area contributed by atoms with Crippen molar-refractivity contribution in [2.24, 2.45) is 0 Å². The van der Waals surface area contributed by atoms with Crippen LogP contribution in [0.15, 0.2) is 30.3 Å². The van der Waals surface area contributed by atoms with Gasteiger partial charge in [-0.1, -0.05) is 36.8 Å². The molecule has 1 atom stereocenters. The van der Waals surface area contributed by atoms with Gasteiger partial charge in [-0.25, -0.2) is 0 Å². The molecule has 20 heavy (non-hydrogen) atoms. The lowest BCUT2D eigenvalue weighted by Crippen LogP contribution is -2.11. The minimum Gasteiger partial charge on any atom is -0.481 e. The zero-order valence-corrected chi connectivity index (χ0v) is 11.8. The summed E-state index contributed by atoms with van der Waals surface area (Å²) in [4.78, 5) is 10.3. The predicted molar refractivity (Wildman–Crippen MR) is 77.7 cm³/mol. The van der Waals surface area contributed by atoms with Gasteiger partial charge < -0.3 is 14.9 Å². The first-order valence-electron chi connectivity index (χ1n) is 7.20. The van der Waals surface area contributed by atoms with Crippen molar-refractivity contribution in [1.82, 2.24) is 0 Å². The third-order valence-corrected chi connectivity index (χ3v) is 3.15. The maximum absolute atomic E-state index is 10.3. The van der Waals surface area contributed by atoms with Crippen LogP contribution >= 0.6 is 0 Å². The van der Waals surface area contributed by atoms with E-state index in [0.29, 0.717) is 32.5 Å². The Hall–Kier alpha value is -1.39. The number of hydrogen-bond donors (Lipinski definition) is 2. The molecule has 0 saturated heterocycles. The average Bonchev–Trinajstić information content (AvgIpc) is 2.44. The second kappa shape index (κ2) is 10.4. The fraction of sp³-hybridized carbons (Fsp3) is 0.562. The lowest BCUT2D eigenvalue weighted by molar-refractivity contribution is -0.137. The van der Waals surface area contributed by atoms with Gasteiger partial charge in [0, 0.05) is 13.0 Å². The molecule has 0 unspecified atom stereocenters. The van der Waals surface area contributed by atoms with Crippen LogP contribution in [-0.4, -0.2) is 35.5 Å². The van der Waals surface area contributed by atoms with Crippen LogP contribution in [0.3, 0.4) is 0 Å². The smallest absolute Gasteiger partial charge is 0.303 e. The molecule has 1 aromatic carbocycles. The monoisotopic (exact) mass is 280 g/mol. The summed E-state index contributed by atoms with van der Waals surface area (Å²) in [6.45, 7) is 1.21. The number of aliphatic carboxylic acids is 1. The van der Waals surface area contributed by atoms with E-state index in [1.807, 2.05) is 18.2 Å². The highest BCUT2D eigenvalue weighted by molar-refractivity contribution is 5.66. The maximum Gasteiger partial charge on any atom is 0.303 e. The Bertz CT molecular complexity index is 364. The van der Waals surface area contributed by atoms with Crippen molar-refractivity contribution < 1.29 is 19.7 Å². The van der Waals surface area contributed by atoms with Gasteiger partial charge in [0.05, 0.1) is 12.7 Å². The van der Waals surface area contributed by atoms with Gasteiger partial charge in [-0.3, -0.25) is 4.79 Å². The summed E-state index contributed by atoms with van der Waals surface area (Å²) >= 11 is 0. The Morgan fingerprint density at radius 2 is 1.85 bits per heavy atom. The van der Waals surface area contributed by atoms with Crippen LogP contribution in [-0.2, 0) is 16.0 Å². The van der Waals surface area contributed by atoms with Crippen molar-refractivity contribution in [3.8, 4) is 0 Å². The maximum atomic E-state index is 10.3. The summed E-state index contributed by atoms with van der Waals surface area (Å²) in [6, 6.07) is 10.2. The lowest BCUT2D eigenvalue weighted by atomic mass is 10.1. The molecule has 112 valence electrons. The number of carboxylic acid groups (broad SMARTS) is 1. The highest BCUT2D eigenvalue weighted by Gasteiger charge is 2.05. The van der Waals surface area contributed by atoms with Gasteiger partial charge in [-0.2, -0.15) is 0 Å². The van der Waals surface area contributed by atoms with Crippen molar-refractivity contribution in [1.29, 1.82) is 0 Å². The van der Waals surface area contributed by atoms with Crippen LogP contribution in [0.5, 0.6) is 0 Å². The number of rotatable bonds is 11. The van der Waals surface area contributed by atoms with E-state index < -0.39 is 5.97 Å². The zero-order valence-electron chi connectivity index (χ0n) is 11.8. The van der Waals surface area contributed by atoms with E-state index in [2.05, 4.69) is 12.1 Å². The second-order valence-corrected chi connectivity index (χ2v) is 4.93. The van der Waals surface area contributed by atoms with Crippen LogP contribution in [0.2, 0.25) is 0 Å². The quantitative estimate of drug-likeness (QED) is 0.611. The van der Waals surface area contributed by atoms with Crippen molar-refractivity contribution >= 4 is 5.97 Å². The number of carboxylic acids is 1. The van der Waals surface area contributed by atoms with E-state index >= 15 is 0 Å². The normalized spacial score (nSPS) is 12.2. The molecule has 1 aromatic rings. The van der Waals surface area contributed by atoms with E-state index in [1.54, 1.807) is 0 Å². The summed E-state index contributed by atoms with van der Waals surface area (Å²) in [7, 11) is 0. The molecule has 0 spiro atoms. The van der Waals surface area contributed by atoms with Crippen LogP contribution in [0.1, 0.15) is 37.7 Å². The fourth-order valence-electron chi connectivity index (χ4n) is 1.96. The average molecular weight is 280 g/mol. The molecule has 2 N–H and O–H groups in total. The number of carbonyl (C=O) groups is 1. The molecule has 0 saturated carbocycles. The fourth-order valence-corrected chi connectivity index (χ4v) is 1.96. The topological polar surface area (TPSA) is 66.8 Å². The number of unbranched alkanes of at least 4 members (excludes halogenated alkanes) is 1. The van der Waals surface area contributed by atoms with Gasteiger partial charge in [-0.15, -0.1) is 0 Å². The minimum atomic E-state index is -0.774. The Morgan fingerprint density at radius 3 is 2.55 bits per heavy atom. The summed E-state index contributed by atoms with van der Waals surface area (Å²) in [5.41, 5.74) is 1.25. The van der Waals surface area contributed by atoms with E-state index in [4.69, 9.17) is 9.84 Å². The van der Waals surface area contributed by atoms with Gasteiger partial charge >= 0.3 is 5.97 Å². The molecule has 0 aliphatic heterocycles. The SMILES string of the molecule is O=C(O)CCCC[C@H](O)CCOCCc1ccccc1. The van der Waals surface area contributed by atoms with Gasteiger partial charge in [0.1, 0.15) is 0 Å². The Labute approximate surface area is 120 Å². The number of ether oxygens (including phenoxy) is 1. The highest BCUT2D eigenvalue weighted by atomic mass is 16.5. The molecular formula is C16H24O4. The van der Waals surface area contributed by atoms with Gasteiger partial charge in [-0.05, 0) is 31.2 Å². The van der Waals surface area contributed by atoms with Gasteiger partial charge in [0.25, 0.3) is 0 Å². The van der Waals surface area contributed by atoms with Crippen LogP contribution in [0, 0.1) is 0 Å². The number of hydrogen-bond acceptors (Lipinski definition) is 3. The third kappa shape index (κ3) is 8.67. The first kappa shape index (κ1) is 16.7. The van der Waals surface area contributed by atoms with Crippen LogP contribution < -0.4 is 0 Å². The molecule has 0 radical (unpaired) electrons. The van der Waals surface area contributed by atoms with E-state index in [9.17, 15) is 9.90 Å². The van der Waals surface area contributed by atoms with Crippen LogP contribution in [0.4, 0.5) is 0 Å². The van der Waals surface area contributed by atoms with E-state index in [1.165, 1.54) is 5.56 Å². The number of benzene rings is 1. The molecule has 0 aromatic heterocycles. The van der Waals surface area contributed by atoms with Gasteiger partial charge in [0.2, 0.25) is 0 Å². The Balaban J connectivity index is 1.94. The first-order valence-corrected chi connectivity index (χ1v) is 7.20. The molecule has 0 amide bonds. The number of aliphatic hydroxyl groups is 1. The lowest BCUT2D eigenvalue weighted by Gasteiger charge is -2.10. The molecule has 4 heteroatoms. The highest BCUT2D eigenvalue weighted by Crippen LogP contribution is 2.07. The molecule has 0 fully saturated rings. The van der Waals surface area contributed by atoms with Crippen molar-refractivity contribution in [2.75, 3.05) is 13.2 Å². The largest absolute Gasteiger partial charge is 0.481 e. The van der Waals surface area contributed by atoms with E-state index in [-0.39, 0.29) is 12.5 Å². The minimum absolute atomic E-state index is 0.181. The summed E-state index contributed by atoms with van der Waals surface area (Å²) in [5, 5.41) is 18.2. The summed E-state index contributed by atoms with van der Waals surface area (Å²) in [5.74, 6) is -0.774. The second-order valence-electron chi connectivity index (χ2n) is 4.93. The molecule has 0 aliphatic carbocycles. The summed E-state index contributed by atoms with van der Waals surface area (Å²) in [6.07, 6.45) is 3.31. The molecule has 0 bridgehead atoms. The van der Waals surface area contributed by atoms with Crippen LogP contribution in [0.25, 0.3) is 0 Å². The predicted octanol–water partition coefficient (Wildman–Crippen LogP) is 2.64. The van der Waals surface area contributed by atoms with Gasteiger partial charge in [0.15, 0.2) is 0 Å². The molecule has 4 nitrogen and oxygen atoms in total. The molecule has 0 heterocycles. The molecule has 1 rings (SSSR count). The molecular weight excluding hydrogens is 256 g/mol. The molecule has 0 aliphatic rings. The third-order valence-electron chi connectivity index (χ3n) is 3.15. The van der Waals surface area contributed by atoms with Crippen molar-refractivity contribution in [3.05, 3.63) is 35.9 Å². The number of aliphatic hydroxyl groups excluding tert-OH is 1. The van der Waals surface area contributed by atoms with E-state index in [0.717, 1.165) is 12.8 Å². The van der Waals surface area contributed by atoms with Crippen molar-refractivity contribution in [2.45, 2.75) is 44.6 Å². The first-order chi connectivity index (χ1) is 9.68. The standard InChI is InChI=1S/C16H24O4/c17-15(8-4-5-9-16(18)19)11-13-20-12-10-14-6-2-1-3-7-14/h1-3,6-7,15,17H,4-5,8-13H2,(H,18,19)/t15-/m0/s1. The van der Waals surface area contributed by atoms with Crippen molar-refractivity contribution in [3.63, 3.8) is 0 Å².